The Morgan fingerprint density at radius 3 is 2.88 bits per heavy atom. The van der Waals surface area contributed by atoms with Gasteiger partial charge in [-0.15, -0.1) is 11.3 Å². The quantitative estimate of drug-likeness (QED) is 0.896. The van der Waals surface area contributed by atoms with Gasteiger partial charge in [0.1, 0.15) is 12.3 Å². The summed E-state index contributed by atoms with van der Waals surface area (Å²) in [7, 11) is 0. The molecule has 0 radical (unpaired) electrons. The molecule has 0 saturated carbocycles. The van der Waals surface area contributed by atoms with Gasteiger partial charge >= 0.3 is 0 Å². The second-order valence-corrected chi connectivity index (χ2v) is 7.97. The molecular weight excluding hydrogens is 348 g/mol. The van der Waals surface area contributed by atoms with E-state index in [0.29, 0.717) is 11.4 Å². The van der Waals surface area contributed by atoms with E-state index in [1.54, 1.807) is 18.3 Å². The van der Waals surface area contributed by atoms with Crippen molar-refractivity contribution in [3.05, 3.63) is 40.3 Å². The van der Waals surface area contributed by atoms with E-state index < -0.39 is 6.10 Å². The molecule has 2 aromatic rings. The molecule has 0 saturated heterocycles. The average molecular weight is 370 g/mol. The molecule has 2 aliphatic rings. The molecule has 136 valence electrons. The summed E-state index contributed by atoms with van der Waals surface area (Å²) in [5.41, 5.74) is 3.23. The highest BCUT2D eigenvalue weighted by Gasteiger charge is 2.32. The SMILES string of the molecule is Cc1c(NC(=O)CN2C(=O)C(C)Oc3ccccc32)sc2c1CCCC2. The Bertz CT molecular complexity index is 874. The first-order valence-corrected chi connectivity index (χ1v) is 9.84. The number of hydrogen-bond donors (Lipinski definition) is 1. The van der Waals surface area contributed by atoms with Crippen molar-refractivity contribution < 1.29 is 14.3 Å². The molecule has 2 heterocycles. The van der Waals surface area contributed by atoms with Gasteiger partial charge in [0.05, 0.1) is 10.7 Å². The van der Waals surface area contributed by atoms with Gasteiger partial charge in [-0.3, -0.25) is 14.5 Å². The van der Waals surface area contributed by atoms with Crippen molar-refractivity contribution in [3.63, 3.8) is 0 Å². The van der Waals surface area contributed by atoms with Crippen LogP contribution in [0.1, 0.15) is 35.8 Å². The van der Waals surface area contributed by atoms with Gasteiger partial charge in [0.25, 0.3) is 5.91 Å². The van der Waals surface area contributed by atoms with Gasteiger partial charge in [-0.05, 0) is 62.8 Å². The van der Waals surface area contributed by atoms with Gasteiger partial charge in [-0.1, -0.05) is 12.1 Å². The maximum atomic E-state index is 12.7. The first-order valence-electron chi connectivity index (χ1n) is 9.02. The van der Waals surface area contributed by atoms with Crippen LogP contribution in [-0.2, 0) is 22.4 Å². The second kappa shape index (κ2) is 6.76. The molecule has 1 aromatic heterocycles. The number of fused-ring (bicyclic) bond motifs is 2. The number of carbonyl (C=O) groups is 2. The Balaban J connectivity index is 1.53. The van der Waals surface area contributed by atoms with E-state index in [1.807, 2.05) is 24.3 Å². The third-order valence-electron chi connectivity index (χ3n) is 5.06. The van der Waals surface area contributed by atoms with E-state index in [2.05, 4.69) is 12.2 Å². The van der Waals surface area contributed by atoms with E-state index in [4.69, 9.17) is 4.74 Å². The smallest absolute Gasteiger partial charge is 0.268 e. The van der Waals surface area contributed by atoms with Crippen molar-refractivity contribution in [1.29, 1.82) is 0 Å². The van der Waals surface area contributed by atoms with Crippen molar-refractivity contribution in [2.24, 2.45) is 0 Å². The fourth-order valence-electron chi connectivity index (χ4n) is 3.67. The number of para-hydroxylation sites is 2. The molecule has 2 amide bonds. The number of rotatable bonds is 3. The molecule has 0 spiro atoms. The molecule has 1 N–H and O–H groups in total. The van der Waals surface area contributed by atoms with Gasteiger partial charge in [0.15, 0.2) is 6.10 Å². The van der Waals surface area contributed by atoms with Crippen molar-refractivity contribution in [2.45, 2.75) is 45.6 Å². The highest BCUT2D eigenvalue weighted by molar-refractivity contribution is 7.16. The van der Waals surface area contributed by atoms with Crippen molar-refractivity contribution >= 4 is 33.8 Å². The van der Waals surface area contributed by atoms with Crippen LogP contribution < -0.4 is 15.0 Å². The minimum Gasteiger partial charge on any atom is -0.479 e. The van der Waals surface area contributed by atoms with Crippen molar-refractivity contribution in [2.75, 3.05) is 16.8 Å². The Hall–Kier alpha value is -2.34. The molecule has 1 aliphatic carbocycles. The van der Waals surface area contributed by atoms with Crippen LogP contribution in [0.4, 0.5) is 10.7 Å². The van der Waals surface area contributed by atoms with E-state index in [0.717, 1.165) is 17.8 Å². The first kappa shape index (κ1) is 17.1. The molecule has 26 heavy (non-hydrogen) atoms. The number of ether oxygens (including phenoxy) is 1. The van der Waals surface area contributed by atoms with Crippen LogP contribution in [0.5, 0.6) is 5.75 Å². The molecule has 1 aromatic carbocycles. The number of hydrogen-bond acceptors (Lipinski definition) is 4. The first-order chi connectivity index (χ1) is 12.5. The van der Waals surface area contributed by atoms with Crippen LogP contribution in [0, 0.1) is 6.92 Å². The molecule has 0 fully saturated rings. The maximum absolute atomic E-state index is 12.7. The van der Waals surface area contributed by atoms with Gasteiger partial charge in [-0.25, -0.2) is 0 Å². The third kappa shape index (κ3) is 2.98. The van der Waals surface area contributed by atoms with Gasteiger partial charge < -0.3 is 10.1 Å². The van der Waals surface area contributed by atoms with Crippen molar-refractivity contribution in [3.8, 4) is 5.75 Å². The van der Waals surface area contributed by atoms with E-state index in [1.165, 1.54) is 33.7 Å². The zero-order chi connectivity index (χ0) is 18.3. The Labute approximate surface area is 157 Å². The number of nitrogens with zero attached hydrogens (tertiary/aromatic N) is 1. The third-order valence-corrected chi connectivity index (χ3v) is 6.37. The lowest BCUT2D eigenvalue weighted by atomic mass is 9.96. The number of aryl methyl sites for hydroxylation is 1. The minimum absolute atomic E-state index is 0.00838. The summed E-state index contributed by atoms with van der Waals surface area (Å²) >= 11 is 1.68. The molecule has 6 heteroatoms. The van der Waals surface area contributed by atoms with Crippen LogP contribution in [0.2, 0.25) is 0 Å². The number of anilines is 2. The van der Waals surface area contributed by atoms with E-state index in [-0.39, 0.29) is 18.4 Å². The molecule has 0 bridgehead atoms. The van der Waals surface area contributed by atoms with E-state index >= 15 is 0 Å². The summed E-state index contributed by atoms with van der Waals surface area (Å²) in [4.78, 5) is 28.1. The Morgan fingerprint density at radius 1 is 1.31 bits per heavy atom. The van der Waals surface area contributed by atoms with Crippen LogP contribution in [-0.4, -0.2) is 24.5 Å². The second-order valence-electron chi connectivity index (χ2n) is 6.87. The van der Waals surface area contributed by atoms with Crippen molar-refractivity contribution in [1.82, 2.24) is 0 Å². The Morgan fingerprint density at radius 2 is 2.08 bits per heavy atom. The molecule has 5 nitrogen and oxygen atoms in total. The molecule has 1 aliphatic heterocycles. The average Bonchev–Trinajstić information content (AvgIpc) is 2.95. The number of thiophene rings is 1. The molecule has 1 atom stereocenters. The van der Waals surface area contributed by atoms with Gasteiger partial charge in [-0.2, -0.15) is 0 Å². The fourth-order valence-corrected chi connectivity index (χ4v) is 4.99. The maximum Gasteiger partial charge on any atom is 0.268 e. The lowest BCUT2D eigenvalue weighted by Crippen LogP contribution is -2.47. The topological polar surface area (TPSA) is 58.6 Å². The minimum atomic E-state index is -0.589. The predicted octanol–water partition coefficient (Wildman–Crippen LogP) is 3.69. The Kier molecular flexibility index (Phi) is 4.44. The highest BCUT2D eigenvalue weighted by Crippen LogP contribution is 2.38. The number of benzene rings is 1. The summed E-state index contributed by atoms with van der Waals surface area (Å²) < 4.78 is 5.63. The monoisotopic (exact) mass is 370 g/mol. The zero-order valence-electron chi connectivity index (χ0n) is 15.0. The summed E-state index contributed by atoms with van der Waals surface area (Å²) in [5.74, 6) is 0.264. The fraction of sp³-hybridized carbons (Fsp3) is 0.400. The summed E-state index contributed by atoms with van der Waals surface area (Å²) in [6, 6.07) is 7.33. The van der Waals surface area contributed by atoms with Crippen LogP contribution in [0.25, 0.3) is 0 Å². The highest BCUT2D eigenvalue weighted by atomic mass is 32.1. The summed E-state index contributed by atoms with van der Waals surface area (Å²) in [6.45, 7) is 3.78. The van der Waals surface area contributed by atoms with Gasteiger partial charge in [0, 0.05) is 4.88 Å². The molecule has 1 unspecified atom stereocenters. The summed E-state index contributed by atoms with van der Waals surface area (Å²) in [5, 5.41) is 3.95. The van der Waals surface area contributed by atoms with Crippen LogP contribution >= 0.6 is 11.3 Å². The van der Waals surface area contributed by atoms with Gasteiger partial charge in [0.2, 0.25) is 5.91 Å². The normalized spacial score (nSPS) is 18.8. The molecule has 4 rings (SSSR count). The van der Waals surface area contributed by atoms with E-state index in [9.17, 15) is 9.59 Å². The summed E-state index contributed by atoms with van der Waals surface area (Å²) in [6.07, 6.45) is 4.05. The number of amides is 2. The number of carbonyl (C=O) groups excluding carboxylic acids is 2. The van der Waals surface area contributed by atoms with Crippen LogP contribution in [0.15, 0.2) is 24.3 Å². The van der Waals surface area contributed by atoms with Crippen LogP contribution in [0.3, 0.4) is 0 Å². The number of nitrogens with one attached hydrogen (secondary N) is 1. The lowest BCUT2D eigenvalue weighted by Gasteiger charge is -2.32. The zero-order valence-corrected chi connectivity index (χ0v) is 15.8. The standard InChI is InChI=1S/C20H22N2O3S/c1-12-14-7-3-6-10-17(14)26-19(12)21-18(23)11-22-15-8-4-5-9-16(15)25-13(2)20(22)24/h4-5,8-9,13H,3,6-7,10-11H2,1-2H3,(H,21,23). The predicted molar refractivity (Wildman–Crippen MR) is 103 cm³/mol. The molecular formula is C20H22N2O3S. The largest absolute Gasteiger partial charge is 0.479 e. The lowest BCUT2D eigenvalue weighted by molar-refractivity contribution is -0.127.